The Morgan fingerprint density at radius 2 is 1.67 bits per heavy atom. The van der Waals surface area contributed by atoms with E-state index >= 15 is 0 Å². The van der Waals surface area contributed by atoms with Crippen molar-refractivity contribution in [2.45, 2.75) is 53.4 Å². The molecule has 0 N–H and O–H groups in total. The minimum absolute atomic E-state index is 0.199. The summed E-state index contributed by atoms with van der Waals surface area (Å²) in [7, 11) is 0. The number of carbonyl (C=O) groups excluding carboxylic acids is 1. The van der Waals surface area contributed by atoms with Crippen LogP contribution in [0, 0.1) is 0 Å². The fraction of sp³-hybridized carbons (Fsp3) is 0.615. The number of halogens is 1. The molecule has 0 aliphatic rings. The lowest BCUT2D eigenvalue weighted by molar-refractivity contribution is -0.116. The van der Waals surface area contributed by atoms with E-state index in [4.69, 9.17) is 11.6 Å². The first-order valence-corrected chi connectivity index (χ1v) is 5.78. The van der Waals surface area contributed by atoms with Gasteiger partial charge in [-0.1, -0.05) is 28.8 Å². The van der Waals surface area contributed by atoms with Crippen molar-refractivity contribution in [3.05, 3.63) is 22.3 Å². The molecule has 0 radical (unpaired) electrons. The number of rotatable bonds is 6. The first kappa shape index (κ1) is 14.4. The Labute approximate surface area is 98.2 Å². The van der Waals surface area contributed by atoms with Crippen LogP contribution in [0.2, 0.25) is 0 Å². The molecule has 0 amide bonds. The van der Waals surface area contributed by atoms with Crippen LogP contribution in [0.3, 0.4) is 0 Å². The average Bonchev–Trinajstić information content (AvgIpc) is 2.13. The first-order valence-electron chi connectivity index (χ1n) is 5.40. The molecule has 2 heteroatoms. The van der Waals surface area contributed by atoms with Crippen molar-refractivity contribution in [3.63, 3.8) is 0 Å². The largest absolute Gasteiger partial charge is 0.300 e. The third-order valence-electron chi connectivity index (χ3n) is 2.23. The minimum Gasteiger partial charge on any atom is -0.300 e. The van der Waals surface area contributed by atoms with Gasteiger partial charge < -0.3 is 4.79 Å². The van der Waals surface area contributed by atoms with Crippen LogP contribution >= 0.6 is 11.6 Å². The molecule has 0 unspecified atom stereocenters. The summed E-state index contributed by atoms with van der Waals surface area (Å²) in [5.41, 5.74) is 2.54. The summed E-state index contributed by atoms with van der Waals surface area (Å²) >= 11 is 6.10. The number of Topliss-reactive ketones (excluding diaryl/α,β-unsaturated/α-hetero) is 1. The lowest BCUT2D eigenvalue weighted by Crippen LogP contribution is -1.91. The maximum atomic E-state index is 10.8. The second kappa shape index (κ2) is 7.70. The first-order chi connectivity index (χ1) is 6.93. The van der Waals surface area contributed by atoms with Gasteiger partial charge >= 0.3 is 0 Å². The lowest BCUT2D eigenvalue weighted by atomic mass is 10.1. The molecular weight excluding hydrogens is 208 g/mol. The van der Waals surface area contributed by atoms with E-state index in [0.29, 0.717) is 12.8 Å². The van der Waals surface area contributed by atoms with E-state index in [-0.39, 0.29) is 5.78 Å². The fourth-order valence-electron chi connectivity index (χ4n) is 1.21. The second-order valence-corrected chi connectivity index (χ2v) is 4.66. The number of ketones is 1. The predicted molar refractivity (Wildman–Crippen MR) is 67.1 cm³/mol. The molecule has 0 atom stereocenters. The Morgan fingerprint density at radius 3 is 2.13 bits per heavy atom. The predicted octanol–water partition coefficient (Wildman–Crippen LogP) is 4.61. The van der Waals surface area contributed by atoms with Crippen molar-refractivity contribution < 1.29 is 4.79 Å². The summed E-state index contributed by atoms with van der Waals surface area (Å²) in [6.07, 6.45) is 5.47. The zero-order chi connectivity index (χ0) is 11.8. The van der Waals surface area contributed by atoms with Gasteiger partial charge in [-0.3, -0.25) is 0 Å². The van der Waals surface area contributed by atoms with Crippen LogP contribution in [0.5, 0.6) is 0 Å². The molecule has 0 saturated heterocycles. The molecule has 0 saturated carbocycles. The fourth-order valence-corrected chi connectivity index (χ4v) is 1.40. The van der Waals surface area contributed by atoms with Gasteiger partial charge in [0, 0.05) is 11.5 Å². The van der Waals surface area contributed by atoms with E-state index in [1.807, 2.05) is 6.92 Å². The molecule has 0 bridgehead atoms. The second-order valence-electron chi connectivity index (χ2n) is 4.21. The van der Waals surface area contributed by atoms with Gasteiger partial charge in [0.25, 0.3) is 0 Å². The van der Waals surface area contributed by atoms with Crippen LogP contribution in [0.1, 0.15) is 53.4 Å². The molecule has 1 nitrogen and oxygen atoms in total. The maximum absolute atomic E-state index is 10.8. The molecule has 0 aromatic carbocycles. The van der Waals surface area contributed by atoms with Gasteiger partial charge in [-0.05, 0) is 47.0 Å². The van der Waals surface area contributed by atoms with Crippen molar-refractivity contribution in [1.82, 2.24) is 0 Å². The molecule has 0 aromatic heterocycles. The van der Waals surface area contributed by atoms with E-state index in [1.165, 1.54) is 11.1 Å². The topological polar surface area (TPSA) is 17.1 Å². The van der Waals surface area contributed by atoms with Crippen LogP contribution < -0.4 is 0 Å². The highest BCUT2D eigenvalue weighted by molar-refractivity contribution is 6.30. The highest BCUT2D eigenvalue weighted by Gasteiger charge is 2.01. The normalized spacial score (nSPS) is 12.1. The summed E-state index contributed by atoms with van der Waals surface area (Å²) < 4.78 is 0. The third kappa shape index (κ3) is 8.44. The van der Waals surface area contributed by atoms with Crippen molar-refractivity contribution in [1.29, 1.82) is 0 Å². The van der Waals surface area contributed by atoms with E-state index in [9.17, 15) is 4.79 Å². The molecule has 0 aromatic rings. The van der Waals surface area contributed by atoms with Gasteiger partial charge in [-0.2, -0.15) is 0 Å². The highest BCUT2D eigenvalue weighted by atomic mass is 35.5. The molecular formula is C13H21ClO. The number of hydrogen-bond donors (Lipinski definition) is 0. The molecule has 0 fully saturated rings. The van der Waals surface area contributed by atoms with Crippen molar-refractivity contribution >= 4 is 17.4 Å². The van der Waals surface area contributed by atoms with Crippen LogP contribution in [0.25, 0.3) is 0 Å². The summed E-state index contributed by atoms with van der Waals surface area (Å²) in [6, 6.07) is 0. The van der Waals surface area contributed by atoms with Crippen molar-refractivity contribution in [2.24, 2.45) is 0 Å². The van der Waals surface area contributed by atoms with Crippen LogP contribution in [0.4, 0.5) is 0 Å². The van der Waals surface area contributed by atoms with E-state index in [0.717, 1.165) is 17.9 Å². The molecule has 0 spiro atoms. The Kier molecular flexibility index (Phi) is 7.41. The molecule has 0 aliphatic carbocycles. The standard InChI is InChI=1S/C13H21ClO/c1-10(2)6-5-7-11(3)13(14)9-8-12(4)15/h6H,5,7-9H2,1-4H3/b13-11-. The molecule has 0 aliphatic heterocycles. The van der Waals surface area contributed by atoms with Crippen LogP contribution in [-0.4, -0.2) is 5.78 Å². The summed E-state index contributed by atoms with van der Waals surface area (Å²) in [4.78, 5) is 10.8. The minimum atomic E-state index is 0.199. The van der Waals surface area contributed by atoms with Crippen LogP contribution in [0.15, 0.2) is 22.3 Å². The Morgan fingerprint density at radius 1 is 1.07 bits per heavy atom. The van der Waals surface area contributed by atoms with Gasteiger partial charge in [0.05, 0.1) is 0 Å². The van der Waals surface area contributed by atoms with Gasteiger partial charge in [0.1, 0.15) is 5.78 Å². The van der Waals surface area contributed by atoms with Gasteiger partial charge in [0.15, 0.2) is 0 Å². The van der Waals surface area contributed by atoms with E-state index in [1.54, 1.807) is 6.92 Å². The SMILES string of the molecule is CC(=O)CC/C(Cl)=C(\C)CCC=C(C)C. The molecule has 0 heterocycles. The Hall–Kier alpha value is -0.560. The van der Waals surface area contributed by atoms with E-state index < -0.39 is 0 Å². The van der Waals surface area contributed by atoms with Crippen LogP contribution in [-0.2, 0) is 4.79 Å². The number of allylic oxidation sites excluding steroid dienone is 4. The smallest absolute Gasteiger partial charge is 0.130 e. The average molecular weight is 229 g/mol. The van der Waals surface area contributed by atoms with Gasteiger partial charge in [-0.25, -0.2) is 0 Å². The third-order valence-corrected chi connectivity index (χ3v) is 2.74. The van der Waals surface area contributed by atoms with Gasteiger partial charge in [-0.15, -0.1) is 0 Å². The Balaban J connectivity index is 4.03. The number of carbonyl (C=O) groups is 1. The zero-order valence-corrected chi connectivity index (χ0v) is 10.9. The summed E-state index contributed by atoms with van der Waals surface area (Å²) in [5.74, 6) is 0.199. The monoisotopic (exact) mass is 228 g/mol. The Bertz CT molecular complexity index is 270. The summed E-state index contributed by atoms with van der Waals surface area (Å²) in [6.45, 7) is 7.83. The van der Waals surface area contributed by atoms with E-state index in [2.05, 4.69) is 19.9 Å². The van der Waals surface area contributed by atoms with Crippen molar-refractivity contribution in [2.75, 3.05) is 0 Å². The maximum Gasteiger partial charge on any atom is 0.130 e. The molecule has 86 valence electrons. The molecule has 0 rings (SSSR count). The van der Waals surface area contributed by atoms with Gasteiger partial charge in [0.2, 0.25) is 0 Å². The molecule has 15 heavy (non-hydrogen) atoms. The quantitative estimate of drug-likeness (QED) is 0.607. The lowest BCUT2D eigenvalue weighted by Gasteiger charge is -2.03. The highest BCUT2D eigenvalue weighted by Crippen LogP contribution is 2.19. The number of hydrogen-bond acceptors (Lipinski definition) is 1. The van der Waals surface area contributed by atoms with Crippen molar-refractivity contribution in [3.8, 4) is 0 Å². The summed E-state index contributed by atoms with van der Waals surface area (Å²) in [5, 5.41) is 0.854. The zero-order valence-electron chi connectivity index (χ0n) is 10.2.